The van der Waals surface area contributed by atoms with Crippen LogP contribution in [0.2, 0.25) is 0 Å². The van der Waals surface area contributed by atoms with Crippen LogP contribution in [0.4, 0.5) is 0 Å². The maximum atomic E-state index is 11.0. The van der Waals surface area contributed by atoms with Gasteiger partial charge in [0.15, 0.2) is 0 Å². The van der Waals surface area contributed by atoms with E-state index in [-0.39, 0.29) is 35.7 Å². The summed E-state index contributed by atoms with van der Waals surface area (Å²) in [6.45, 7) is 3.58. The van der Waals surface area contributed by atoms with Crippen molar-refractivity contribution >= 4 is 23.8 Å². The van der Waals surface area contributed by atoms with Crippen LogP contribution in [-0.4, -0.2) is 46.0 Å². The predicted octanol–water partition coefficient (Wildman–Crippen LogP) is 1.53. The summed E-state index contributed by atoms with van der Waals surface area (Å²) < 4.78 is 0. The molecule has 2 aliphatic rings. The van der Waals surface area contributed by atoms with Gasteiger partial charge in [-0.25, -0.2) is 0 Å². The van der Waals surface area contributed by atoms with Gasteiger partial charge < -0.3 is 20.8 Å². The molecule has 26 heavy (non-hydrogen) atoms. The number of amides is 2. The van der Waals surface area contributed by atoms with Gasteiger partial charge in [-0.3, -0.25) is 19.2 Å². The van der Waals surface area contributed by atoms with Gasteiger partial charge in [0.1, 0.15) is 0 Å². The third-order valence-corrected chi connectivity index (χ3v) is 4.94. The SMILES string of the molecule is CCC(=O)N[C@@H]1CC[C@H](C(=O)O)C1.CCC(=O)N[C@H]1CC[C@@H](C(=O)O)C1. The summed E-state index contributed by atoms with van der Waals surface area (Å²) in [6.07, 6.45) is 5.06. The number of carbonyl (C=O) groups is 4. The monoisotopic (exact) mass is 370 g/mol. The molecule has 4 N–H and O–H groups in total. The second-order valence-electron chi connectivity index (χ2n) is 6.93. The zero-order chi connectivity index (χ0) is 19.7. The van der Waals surface area contributed by atoms with Crippen LogP contribution < -0.4 is 10.6 Å². The Labute approximate surface area is 153 Å². The minimum atomic E-state index is -0.742. The van der Waals surface area contributed by atoms with Crippen LogP contribution >= 0.6 is 0 Å². The van der Waals surface area contributed by atoms with E-state index in [1.807, 2.05) is 0 Å². The first-order valence-electron chi connectivity index (χ1n) is 9.31. The summed E-state index contributed by atoms with van der Waals surface area (Å²) in [5.74, 6) is -1.99. The van der Waals surface area contributed by atoms with Gasteiger partial charge in [-0.15, -0.1) is 0 Å². The molecule has 4 atom stereocenters. The molecule has 8 nitrogen and oxygen atoms in total. The maximum absolute atomic E-state index is 11.0. The molecule has 0 unspecified atom stereocenters. The van der Waals surface area contributed by atoms with Crippen molar-refractivity contribution in [2.75, 3.05) is 0 Å². The van der Waals surface area contributed by atoms with E-state index < -0.39 is 11.9 Å². The Balaban J connectivity index is 0.000000260. The average Bonchev–Trinajstić information content (AvgIpc) is 3.24. The summed E-state index contributed by atoms with van der Waals surface area (Å²) in [7, 11) is 0. The Morgan fingerprint density at radius 2 is 1.08 bits per heavy atom. The molecule has 2 saturated carbocycles. The van der Waals surface area contributed by atoms with Gasteiger partial charge in [-0.1, -0.05) is 13.8 Å². The average molecular weight is 370 g/mol. The number of carboxylic acid groups (broad SMARTS) is 2. The number of aliphatic carboxylic acids is 2. The van der Waals surface area contributed by atoms with Crippen molar-refractivity contribution in [3.63, 3.8) is 0 Å². The van der Waals surface area contributed by atoms with E-state index in [1.165, 1.54) is 0 Å². The van der Waals surface area contributed by atoms with Crippen LogP contribution in [0, 0.1) is 11.8 Å². The van der Waals surface area contributed by atoms with Gasteiger partial charge in [0.2, 0.25) is 11.8 Å². The Bertz CT molecular complexity index is 476. The van der Waals surface area contributed by atoms with Crippen LogP contribution in [0.5, 0.6) is 0 Å². The van der Waals surface area contributed by atoms with Gasteiger partial charge in [-0.2, -0.15) is 0 Å². The second kappa shape index (κ2) is 10.8. The topological polar surface area (TPSA) is 133 Å². The quantitative estimate of drug-likeness (QED) is 0.560. The summed E-state index contributed by atoms with van der Waals surface area (Å²) >= 11 is 0. The molecule has 0 aromatic rings. The van der Waals surface area contributed by atoms with Gasteiger partial charge in [0.25, 0.3) is 0 Å². The minimum absolute atomic E-state index is 0.0102. The largest absolute Gasteiger partial charge is 0.481 e. The van der Waals surface area contributed by atoms with E-state index in [1.54, 1.807) is 13.8 Å². The molecule has 0 saturated heterocycles. The molecule has 0 bridgehead atoms. The lowest BCUT2D eigenvalue weighted by Gasteiger charge is -2.10. The molecule has 2 rings (SSSR count). The molecule has 2 fully saturated rings. The number of carboxylic acids is 2. The van der Waals surface area contributed by atoms with Crippen LogP contribution in [0.3, 0.4) is 0 Å². The summed E-state index contributed by atoms with van der Waals surface area (Å²) in [6, 6.07) is 0.155. The van der Waals surface area contributed by atoms with E-state index in [9.17, 15) is 19.2 Å². The summed E-state index contributed by atoms with van der Waals surface area (Å²) in [5, 5.41) is 23.0. The van der Waals surface area contributed by atoms with E-state index >= 15 is 0 Å². The molecular weight excluding hydrogens is 340 g/mol. The molecule has 0 heterocycles. The third kappa shape index (κ3) is 7.41. The number of nitrogens with one attached hydrogen (secondary N) is 2. The Kier molecular flexibility index (Phi) is 9.09. The van der Waals surface area contributed by atoms with Gasteiger partial charge in [0.05, 0.1) is 11.8 Å². The first-order chi connectivity index (χ1) is 12.3. The molecule has 0 aromatic heterocycles. The normalized spacial score (nSPS) is 27.2. The molecule has 0 aromatic carbocycles. The molecule has 0 radical (unpaired) electrons. The first kappa shape index (κ1) is 21.9. The fourth-order valence-electron chi connectivity index (χ4n) is 3.33. The highest BCUT2D eigenvalue weighted by Crippen LogP contribution is 2.26. The summed E-state index contributed by atoms with van der Waals surface area (Å²) in [4.78, 5) is 43.2. The molecule has 2 amide bonds. The van der Waals surface area contributed by atoms with E-state index in [0.717, 1.165) is 12.8 Å². The van der Waals surface area contributed by atoms with Crippen molar-refractivity contribution in [2.45, 2.75) is 77.3 Å². The van der Waals surface area contributed by atoms with Crippen LogP contribution in [0.1, 0.15) is 65.2 Å². The van der Waals surface area contributed by atoms with Crippen molar-refractivity contribution in [2.24, 2.45) is 11.8 Å². The van der Waals surface area contributed by atoms with E-state index in [4.69, 9.17) is 10.2 Å². The zero-order valence-corrected chi connectivity index (χ0v) is 15.5. The number of rotatable bonds is 6. The zero-order valence-electron chi connectivity index (χ0n) is 15.5. The third-order valence-electron chi connectivity index (χ3n) is 4.94. The molecule has 0 aliphatic heterocycles. The van der Waals surface area contributed by atoms with E-state index in [2.05, 4.69) is 10.6 Å². The fourth-order valence-corrected chi connectivity index (χ4v) is 3.33. The lowest BCUT2D eigenvalue weighted by molar-refractivity contribution is -0.142. The van der Waals surface area contributed by atoms with E-state index in [0.29, 0.717) is 38.5 Å². The van der Waals surface area contributed by atoms with Crippen LogP contribution in [0.25, 0.3) is 0 Å². The second-order valence-corrected chi connectivity index (χ2v) is 6.93. The maximum Gasteiger partial charge on any atom is 0.306 e. The molecular formula is C18H30N2O6. The number of hydrogen-bond acceptors (Lipinski definition) is 4. The summed E-state index contributed by atoms with van der Waals surface area (Å²) in [5.41, 5.74) is 0. The van der Waals surface area contributed by atoms with Gasteiger partial charge in [0, 0.05) is 24.9 Å². The highest BCUT2D eigenvalue weighted by molar-refractivity contribution is 5.77. The highest BCUT2D eigenvalue weighted by Gasteiger charge is 2.30. The fraction of sp³-hybridized carbons (Fsp3) is 0.778. The van der Waals surface area contributed by atoms with Crippen LogP contribution in [-0.2, 0) is 19.2 Å². The number of carbonyl (C=O) groups excluding carboxylic acids is 2. The number of hydrogen-bond donors (Lipinski definition) is 4. The van der Waals surface area contributed by atoms with Crippen molar-refractivity contribution < 1.29 is 29.4 Å². The standard InChI is InChI=1S/2C9H15NO3/c2*1-2-8(11)10-7-4-3-6(5-7)9(12)13/h2*6-7H,2-5H2,1H3,(H,10,11)(H,12,13)/t2*6-,7+/m10/s1. The Morgan fingerprint density at radius 1 is 0.731 bits per heavy atom. The Hall–Kier alpha value is -2.12. The predicted molar refractivity (Wildman–Crippen MR) is 94.4 cm³/mol. The molecule has 0 spiro atoms. The van der Waals surface area contributed by atoms with Crippen molar-refractivity contribution in [3.8, 4) is 0 Å². The van der Waals surface area contributed by atoms with Crippen molar-refractivity contribution in [1.29, 1.82) is 0 Å². The highest BCUT2D eigenvalue weighted by atomic mass is 16.4. The van der Waals surface area contributed by atoms with Gasteiger partial charge in [-0.05, 0) is 38.5 Å². The Morgan fingerprint density at radius 3 is 1.31 bits per heavy atom. The smallest absolute Gasteiger partial charge is 0.306 e. The lowest BCUT2D eigenvalue weighted by Crippen LogP contribution is -2.32. The first-order valence-corrected chi connectivity index (χ1v) is 9.31. The lowest BCUT2D eigenvalue weighted by atomic mass is 10.1. The van der Waals surface area contributed by atoms with Gasteiger partial charge >= 0.3 is 11.9 Å². The van der Waals surface area contributed by atoms with Crippen LogP contribution in [0.15, 0.2) is 0 Å². The van der Waals surface area contributed by atoms with Crippen molar-refractivity contribution in [3.05, 3.63) is 0 Å². The van der Waals surface area contributed by atoms with Crippen molar-refractivity contribution in [1.82, 2.24) is 10.6 Å². The minimum Gasteiger partial charge on any atom is -0.481 e. The molecule has 148 valence electrons. The molecule has 8 heteroatoms. The molecule has 2 aliphatic carbocycles.